The Morgan fingerprint density at radius 2 is 1.88 bits per heavy atom. The molecular weight excluding hydrogens is 442 g/mol. The lowest BCUT2D eigenvalue weighted by atomic mass is 10.0. The van der Waals surface area contributed by atoms with Crippen molar-refractivity contribution in [3.63, 3.8) is 0 Å². The molecule has 0 fully saturated rings. The van der Waals surface area contributed by atoms with Crippen molar-refractivity contribution in [3.8, 4) is 17.6 Å². The van der Waals surface area contributed by atoms with E-state index in [1.807, 2.05) is 36.4 Å². The van der Waals surface area contributed by atoms with Crippen LogP contribution in [0.2, 0.25) is 5.02 Å². The number of fused-ring (bicyclic) bond motifs is 1. The van der Waals surface area contributed by atoms with Crippen molar-refractivity contribution in [1.82, 2.24) is 0 Å². The van der Waals surface area contributed by atoms with Crippen molar-refractivity contribution < 1.29 is 13.7 Å². The van der Waals surface area contributed by atoms with E-state index < -0.39 is 11.0 Å². The fourth-order valence-corrected chi connectivity index (χ4v) is 4.71. The lowest BCUT2D eigenvalue weighted by Crippen LogP contribution is -2.31. The second kappa shape index (κ2) is 9.44. The summed E-state index contributed by atoms with van der Waals surface area (Å²) in [5.41, 5.74) is 3.64. The van der Waals surface area contributed by atoms with Gasteiger partial charge in [0.25, 0.3) is 0 Å². The summed E-state index contributed by atoms with van der Waals surface area (Å²) in [5, 5.41) is 0.552. The molecular formula is C26H20ClNO3S. The van der Waals surface area contributed by atoms with E-state index in [0.717, 1.165) is 22.4 Å². The number of hydrogen-bond donors (Lipinski definition) is 0. The Balaban J connectivity index is 1.62. The van der Waals surface area contributed by atoms with Gasteiger partial charge >= 0.3 is 0 Å². The summed E-state index contributed by atoms with van der Waals surface area (Å²) >= 11 is 6.05. The van der Waals surface area contributed by atoms with Crippen LogP contribution in [-0.2, 0) is 17.4 Å². The minimum atomic E-state index is -1.61. The molecule has 3 aromatic carbocycles. The third-order valence-electron chi connectivity index (χ3n) is 5.07. The molecule has 4 rings (SSSR count). The molecule has 4 nitrogen and oxygen atoms in total. The lowest BCUT2D eigenvalue weighted by Gasteiger charge is -2.27. The highest BCUT2D eigenvalue weighted by atomic mass is 35.5. The number of benzene rings is 3. The van der Waals surface area contributed by atoms with Crippen molar-refractivity contribution in [2.75, 3.05) is 18.5 Å². The van der Waals surface area contributed by atoms with E-state index in [1.54, 1.807) is 54.9 Å². The topological polar surface area (TPSA) is 46.6 Å². The van der Waals surface area contributed by atoms with Gasteiger partial charge in [0.15, 0.2) is 11.0 Å². The largest absolute Gasteiger partial charge is 0.497 e. The summed E-state index contributed by atoms with van der Waals surface area (Å²) in [4.78, 5) is 13.4. The SMILES string of the molecule is COc1ccc(CC#Cc2ccc3c(c2)C(=O)/C(=C/c2cccc(Cl)c2)S(=O)N3C)cc1. The lowest BCUT2D eigenvalue weighted by molar-refractivity contribution is 0.104. The number of ether oxygens (including phenoxy) is 1. The first kappa shape index (κ1) is 21.9. The normalized spacial score (nSPS) is 16.3. The van der Waals surface area contributed by atoms with Gasteiger partial charge in [-0.2, -0.15) is 0 Å². The molecule has 0 radical (unpaired) electrons. The highest BCUT2D eigenvalue weighted by Gasteiger charge is 2.31. The summed E-state index contributed by atoms with van der Waals surface area (Å²) < 4.78 is 19.7. The maximum absolute atomic E-state index is 13.2. The predicted molar refractivity (Wildman–Crippen MR) is 130 cm³/mol. The first-order valence-electron chi connectivity index (χ1n) is 9.89. The number of hydrogen-bond acceptors (Lipinski definition) is 3. The van der Waals surface area contributed by atoms with Gasteiger partial charge in [0.1, 0.15) is 10.7 Å². The van der Waals surface area contributed by atoms with E-state index >= 15 is 0 Å². The zero-order valence-electron chi connectivity index (χ0n) is 17.6. The van der Waals surface area contributed by atoms with Crippen LogP contribution in [0, 0.1) is 11.8 Å². The van der Waals surface area contributed by atoms with E-state index in [4.69, 9.17) is 16.3 Å². The quantitative estimate of drug-likeness (QED) is 0.394. The molecule has 3 aromatic rings. The molecule has 0 aliphatic carbocycles. The molecule has 0 N–H and O–H groups in total. The van der Waals surface area contributed by atoms with Crippen LogP contribution in [0.3, 0.4) is 0 Å². The number of Topliss-reactive ketones (excluding diaryl/α,β-unsaturated/α-hetero) is 1. The molecule has 1 aliphatic heterocycles. The number of ketones is 1. The number of carbonyl (C=O) groups excluding carboxylic acids is 1. The Morgan fingerprint density at radius 1 is 1.09 bits per heavy atom. The number of halogens is 1. The summed E-state index contributed by atoms with van der Waals surface area (Å²) in [7, 11) is 1.74. The predicted octanol–water partition coefficient (Wildman–Crippen LogP) is 5.28. The van der Waals surface area contributed by atoms with E-state index in [9.17, 15) is 9.00 Å². The van der Waals surface area contributed by atoms with Crippen LogP contribution in [0.25, 0.3) is 6.08 Å². The Morgan fingerprint density at radius 3 is 2.59 bits per heavy atom. The first-order valence-corrected chi connectivity index (χ1v) is 11.4. The average molecular weight is 462 g/mol. The van der Waals surface area contributed by atoms with E-state index in [-0.39, 0.29) is 10.7 Å². The zero-order valence-corrected chi connectivity index (χ0v) is 19.2. The van der Waals surface area contributed by atoms with Crippen LogP contribution in [0.5, 0.6) is 5.75 Å². The maximum atomic E-state index is 13.2. The van der Waals surface area contributed by atoms with Crippen molar-refractivity contribution >= 4 is 40.1 Å². The van der Waals surface area contributed by atoms with E-state index in [0.29, 0.717) is 22.7 Å². The van der Waals surface area contributed by atoms with E-state index in [2.05, 4.69) is 11.8 Å². The summed E-state index contributed by atoms with van der Waals surface area (Å²) in [6.07, 6.45) is 2.21. The molecule has 0 aromatic heterocycles. The van der Waals surface area contributed by atoms with Crippen LogP contribution in [0.15, 0.2) is 71.6 Å². The van der Waals surface area contributed by atoms with E-state index in [1.165, 1.54) is 0 Å². The molecule has 0 amide bonds. The fourth-order valence-electron chi connectivity index (χ4n) is 3.37. The Labute approximate surface area is 195 Å². The second-order valence-electron chi connectivity index (χ2n) is 7.20. The van der Waals surface area contributed by atoms with Crippen molar-refractivity contribution in [1.29, 1.82) is 0 Å². The summed E-state index contributed by atoms with van der Waals surface area (Å²) in [5.74, 6) is 6.81. The molecule has 0 spiro atoms. The highest BCUT2D eigenvalue weighted by Crippen LogP contribution is 2.33. The third kappa shape index (κ3) is 4.62. The average Bonchev–Trinajstić information content (AvgIpc) is 2.81. The standard InChI is InChI=1S/C26H20ClNO3S/c1-28-24-14-11-19(6-3-5-18-9-12-22(31-2)13-10-18)16-23(24)26(29)25(32(28)30)17-20-7-4-8-21(27)15-20/h4,7-17H,5H2,1-2H3/b25-17-. The Bertz CT molecular complexity index is 1300. The minimum absolute atomic E-state index is 0.214. The van der Waals surface area contributed by atoms with Gasteiger partial charge in [-0.05, 0) is 59.7 Å². The van der Waals surface area contributed by atoms with Crippen molar-refractivity contribution in [2.45, 2.75) is 6.42 Å². The van der Waals surface area contributed by atoms with Gasteiger partial charge in [-0.15, -0.1) is 0 Å². The van der Waals surface area contributed by atoms with Crippen molar-refractivity contribution in [2.24, 2.45) is 0 Å². The van der Waals surface area contributed by atoms with Gasteiger partial charge in [-0.25, -0.2) is 4.21 Å². The van der Waals surface area contributed by atoms with Gasteiger partial charge in [0, 0.05) is 29.6 Å². The third-order valence-corrected chi connectivity index (χ3v) is 6.68. The molecule has 0 bridgehead atoms. The van der Waals surface area contributed by atoms with Gasteiger partial charge in [-0.3, -0.25) is 9.10 Å². The van der Waals surface area contributed by atoms with Gasteiger partial charge in [0.2, 0.25) is 5.78 Å². The van der Waals surface area contributed by atoms with Crippen LogP contribution in [0.1, 0.15) is 27.0 Å². The molecule has 32 heavy (non-hydrogen) atoms. The van der Waals surface area contributed by atoms with Gasteiger partial charge in [-0.1, -0.05) is 47.7 Å². The monoisotopic (exact) mass is 461 g/mol. The Kier molecular flexibility index (Phi) is 6.45. The highest BCUT2D eigenvalue weighted by molar-refractivity contribution is 7.91. The number of allylic oxidation sites excluding steroid dienone is 1. The van der Waals surface area contributed by atoms with Gasteiger partial charge in [0.05, 0.1) is 12.8 Å². The molecule has 6 heteroatoms. The smallest absolute Gasteiger partial charge is 0.205 e. The second-order valence-corrected chi connectivity index (χ2v) is 9.12. The van der Waals surface area contributed by atoms with Crippen LogP contribution < -0.4 is 9.04 Å². The maximum Gasteiger partial charge on any atom is 0.205 e. The molecule has 1 unspecified atom stereocenters. The van der Waals surface area contributed by atoms with Gasteiger partial charge < -0.3 is 4.74 Å². The molecule has 160 valence electrons. The first-order chi connectivity index (χ1) is 15.5. The molecule has 1 aliphatic rings. The molecule has 0 saturated heterocycles. The number of nitrogens with zero attached hydrogens (tertiary/aromatic N) is 1. The summed E-state index contributed by atoms with van der Waals surface area (Å²) in [6, 6.07) is 20.2. The molecule has 0 saturated carbocycles. The van der Waals surface area contributed by atoms with Crippen LogP contribution in [0.4, 0.5) is 5.69 Å². The Hall–Kier alpha value is -3.33. The molecule has 1 heterocycles. The van der Waals surface area contributed by atoms with Crippen LogP contribution in [-0.4, -0.2) is 24.1 Å². The number of methoxy groups -OCH3 is 1. The van der Waals surface area contributed by atoms with Crippen LogP contribution >= 0.6 is 11.6 Å². The number of carbonyl (C=O) groups is 1. The molecule has 1 atom stereocenters. The number of anilines is 1. The van der Waals surface area contributed by atoms with Crippen molar-refractivity contribution in [3.05, 3.63) is 98.9 Å². The minimum Gasteiger partial charge on any atom is -0.497 e. The zero-order chi connectivity index (χ0) is 22.7. The fraction of sp³-hybridized carbons (Fsp3) is 0.115. The number of rotatable bonds is 3. The summed E-state index contributed by atoms with van der Waals surface area (Å²) in [6.45, 7) is 0.